The highest BCUT2D eigenvalue weighted by molar-refractivity contribution is 6.05. The van der Waals surface area contributed by atoms with E-state index in [4.69, 9.17) is 0 Å². The molecule has 0 aliphatic rings. The van der Waals surface area contributed by atoms with E-state index in [1.54, 1.807) is 12.1 Å². The molecule has 0 saturated heterocycles. The first-order chi connectivity index (χ1) is 11.5. The molecule has 3 nitrogen and oxygen atoms in total. The van der Waals surface area contributed by atoms with Gasteiger partial charge in [-0.25, -0.2) is 0 Å². The molecule has 2 N–H and O–H groups in total. The van der Waals surface area contributed by atoms with Crippen LogP contribution in [0.5, 0.6) is 5.75 Å². The van der Waals surface area contributed by atoms with E-state index in [2.05, 4.69) is 5.32 Å². The van der Waals surface area contributed by atoms with Gasteiger partial charge in [-0.15, -0.1) is 0 Å². The quantitative estimate of drug-likeness (QED) is 0.729. The number of anilines is 1. The van der Waals surface area contributed by atoms with Crippen LogP contribution in [0, 0.1) is 5.41 Å². The van der Waals surface area contributed by atoms with Gasteiger partial charge in [0.15, 0.2) is 0 Å². The number of phenols is 1. The largest absolute Gasteiger partial charge is 0.507 e. The lowest BCUT2D eigenvalue weighted by Gasteiger charge is -2.24. The highest BCUT2D eigenvalue weighted by Crippen LogP contribution is 2.31. The van der Waals surface area contributed by atoms with Crippen molar-refractivity contribution in [1.82, 2.24) is 0 Å². The monoisotopic (exact) mass is 319 g/mol. The van der Waals surface area contributed by atoms with Crippen molar-refractivity contribution in [2.24, 2.45) is 5.41 Å². The van der Waals surface area contributed by atoms with Gasteiger partial charge in [0, 0.05) is 21.9 Å². The molecule has 3 heteroatoms. The van der Waals surface area contributed by atoms with Crippen LogP contribution in [0.3, 0.4) is 0 Å². The third-order valence-electron chi connectivity index (χ3n) is 4.25. The third-order valence-corrected chi connectivity index (χ3v) is 4.25. The molecule has 0 spiro atoms. The Labute approximate surface area is 142 Å². The second-order valence-electron chi connectivity index (χ2n) is 6.68. The fraction of sp³-hybridized carbons (Fsp3) is 0.190. The molecule has 122 valence electrons. The van der Waals surface area contributed by atoms with E-state index >= 15 is 0 Å². The van der Waals surface area contributed by atoms with Gasteiger partial charge < -0.3 is 10.4 Å². The minimum Gasteiger partial charge on any atom is -0.507 e. The molecular weight excluding hydrogens is 298 g/mol. The number of hydrogen-bond donors (Lipinski definition) is 2. The first kappa shape index (κ1) is 16.1. The summed E-state index contributed by atoms with van der Waals surface area (Å²) in [6, 6.07) is 20.9. The minimum atomic E-state index is -0.541. The number of benzene rings is 3. The van der Waals surface area contributed by atoms with Crippen molar-refractivity contribution < 1.29 is 9.90 Å². The zero-order valence-corrected chi connectivity index (χ0v) is 13.9. The van der Waals surface area contributed by atoms with E-state index in [0.29, 0.717) is 6.42 Å². The zero-order valence-electron chi connectivity index (χ0n) is 13.9. The summed E-state index contributed by atoms with van der Waals surface area (Å²) in [6.07, 6.45) is 0.662. The first-order valence-electron chi connectivity index (χ1n) is 8.03. The number of rotatable bonds is 4. The van der Waals surface area contributed by atoms with Gasteiger partial charge in [-0.05, 0) is 24.1 Å². The van der Waals surface area contributed by atoms with Crippen LogP contribution in [-0.2, 0) is 11.2 Å². The Kier molecular flexibility index (Phi) is 4.26. The van der Waals surface area contributed by atoms with Crippen LogP contribution >= 0.6 is 0 Å². The summed E-state index contributed by atoms with van der Waals surface area (Å²) in [6.45, 7) is 3.88. The van der Waals surface area contributed by atoms with Crippen LogP contribution in [0.4, 0.5) is 5.69 Å². The number of aromatic hydroxyl groups is 1. The van der Waals surface area contributed by atoms with E-state index in [-0.39, 0.29) is 11.7 Å². The summed E-state index contributed by atoms with van der Waals surface area (Å²) in [5.74, 6) is 0.175. The molecule has 0 aliphatic carbocycles. The summed E-state index contributed by atoms with van der Waals surface area (Å²) in [5.41, 5.74) is 1.31. The minimum absolute atomic E-state index is 0.0396. The van der Waals surface area contributed by atoms with Gasteiger partial charge in [-0.3, -0.25) is 4.79 Å². The number of carbonyl (C=O) groups excluding carboxylic acids is 1. The molecule has 3 aromatic rings. The predicted octanol–water partition coefficient (Wildman–Crippen LogP) is 4.75. The van der Waals surface area contributed by atoms with Crippen LogP contribution in [0.25, 0.3) is 10.8 Å². The molecule has 0 bridgehead atoms. The summed E-state index contributed by atoms with van der Waals surface area (Å²) in [7, 11) is 0. The predicted molar refractivity (Wildman–Crippen MR) is 98.2 cm³/mol. The molecule has 0 aromatic heterocycles. The standard InChI is InChI=1S/C21H21NO2/c1-21(2,14-15-8-4-3-5-9-15)20(24)22-18-12-6-11-17-16(18)10-7-13-19(17)23/h3-13,23H,14H2,1-2H3,(H,22,24). The SMILES string of the molecule is CC(C)(Cc1ccccc1)C(=O)Nc1cccc2c(O)cccc12. The molecule has 0 saturated carbocycles. The van der Waals surface area contributed by atoms with Gasteiger partial charge >= 0.3 is 0 Å². The molecule has 0 aliphatic heterocycles. The molecule has 3 rings (SSSR count). The van der Waals surface area contributed by atoms with Gasteiger partial charge in [-0.2, -0.15) is 0 Å². The molecule has 24 heavy (non-hydrogen) atoms. The summed E-state index contributed by atoms with van der Waals surface area (Å²) >= 11 is 0. The number of hydrogen-bond acceptors (Lipinski definition) is 2. The maximum atomic E-state index is 12.8. The molecule has 0 radical (unpaired) electrons. The summed E-state index contributed by atoms with van der Waals surface area (Å²) in [5, 5.41) is 14.6. The Morgan fingerprint density at radius 3 is 2.33 bits per heavy atom. The van der Waals surface area contributed by atoms with Crippen molar-refractivity contribution in [3.8, 4) is 5.75 Å². The number of amides is 1. The topological polar surface area (TPSA) is 49.3 Å². The van der Waals surface area contributed by atoms with Crippen molar-refractivity contribution in [1.29, 1.82) is 0 Å². The average Bonchev–Trinajstić information content (AvgIpc) is 2.56. The van der Waals surface area contributed by atoms with Crippen LogP contribution < -0.4 is 5.32 Å². The van der Waals surface area contributed by atoms with Gasteiger partial charge in [0.25, 0.3) is 0 Å². The average molecular weight is 319 g/mol. The molecule has 1 amide bonds. The molecule has 3 aromatic carbocycles. The number of carbonyl (C=O) groups is 1. The van der Waals surface area contributed by atoms with Gasteiger partial charge in [0.05, 0.1) is 0 Å². The maximum absolute atomic E-state index is 12.8. The maximum Gasteiger partial charge on any atom is 0.230 e. The van der Waals surface area contributed by atoms with E-state index in [1.807, 2.05) is 68.4 Å². The second kappa shape index (κ2) is 6.36. The Morgan fingerprint density at radius 1 is 0.917 bits per heavy atom. The van der Waals surface area contributed by atoms with E-state index < -0.39 is 5.41 Å². The van der Waals surface area contributed by atoms with E-state index in [1.165, 1.54) is 0 Å². The lowest BCUT2D eigenvalue weighted by Crippen LogP contribution is -2.32. The molecular formula is C21H21NO2. The number of nitrogens with one attached hydrogen (secondary N) is 1. The summed E-state index contributed by atoms with van der Waals surface area (Å²) in [4.78, 5) is 12.8. The van der Waals surface area contributed by atoms with E-state index in [0.717, 1.165) is 22.0 Å². The smallest absolute Gasteiger partial charge is 0.230 e. The fourth-order valence-corrected chi connectivity index (χ4v) is 2.88. The van der Waals surface area contributed by atoms with Crippen molar-refractivity contribution in [3.63, 3.8) is 0 Å². The van der Waals surface area contributed by atoms with Crippen molar-refractivity contribution in [2.75, 3.05) is 5.32 Å². The second-order valence-corrected chi connectivity index (χ2v) is 6.68. The number of phenolic OH excluding ortho intramolecular Hbond substituents is 1. The summed E-state index contributed by atoms with van der Waals surface area (Å²) < 4.78 is 0. The molecule has 0 atom stereocenters. The first-order valence-corrected chi connectivity index (χ1v) is 8.03. The van der Waals surface area contributed by atoms with Crippen molar-refractivity contribution >= 4 is 22.4 Å². The van der Waals surface area contributed by atoms with E-state index in [9.17, 15) is 9.90 Å². The lowest BCUT2D eigenvalue weighted by atomic mass is 9.84. The van der Waals surface area contributed by atoms with Crippen molar-refractivity contribution in [2.45, 2.75) is 20.3 Å². The fourth-order valence-electron chi connectivity index (χ4n) is 2.88. The normalized spacial score (nSPS) is 11.4. The molecule has 0 fully saturated rings. The Bertz CT molecular complexity index is 869. The highest BCUT2D eigenvalue weighted by Gasteiger charge is 2.28. The Hall–Kier alpha value is -2.81. The molecule has 0 unspecified atom stereocenters. The lowest BCUT2D eigenvalue weighted by molar-refractivity contribution is -0.123. The van der Waals surface area contributed by atoms with Gasteiger partial charge in [0.2, 0.25) is 5.91 Å². The Morgan fingerprint density at radius 2 is 1.58 bits per heavy atom. The van der Waals surface area contributed by atoms with Crippen LogP contribution in [-0.4, -0.2) is 11.0 Å². The van der Waals surface area contributed by atoms with Gasteiger partial charge in [0.1, 0.15) is 5.75 Å². The third kappa shape index (κ3) is 3.25. The highest BCUT2D eigenvalue weighted by atomic mass is 16.3. The van der Waals surface area contributed by atoms with Gasteiger partial charge in [-0.1, -0.05) is 68.4 Å². The number of fused-ring (bicyclic) bond motifs is 1. The van der Waals surface area contributed by atoms with Crippen LogP contribution in [0.15, 0.2) is 66.7 Å². The molecule has 0 heterocycles. The van der Waals surface area contributed by atoms with Crippen LogP contribution in [0.2, 0.25) is 0 Å². The van der Waals surface area contributed by atoms with Crippen molar-refractivity contribution in [3.05, 3.63) is 72.3 Å². The zero-order chi connectivity index (χ0) is 17.2. The van der Waals surface area contributed by atoms with Crippen LogP contribution in [0.1, 0.15) is 19.4 Å². The Balaban J connectivity index is 1.85.